The van der Waals surface area contributed by atoms with Crippen LogP contribution >= 0.6 is 15.9 Å². The second-order valence-electron chi connectivity index (χ2n) is 6.25. The molecule has 0 fully saturated rings. The van der Waals surface area contributed by atoms with Crippen molar-refractivity contribution >= 4 is 56.0 Å². The van der Waals surface area contributed by atoms with E-state index in [1.165, 1.54) is 18.2 Å². The molecule has 11 nitrogen and oxygen atoms in total. The zero-order chi connectivity index (χ0) is 22.4. The number of benzene rings is 2. The maximum atomic E-state index is 12.2. The van der Waals surface area contributed by atoms with Crippen LogP contribution in [0.2, 0.25) is 0 Å². The number of halogens is 1. The van der Waals surface area contributed by atoms with Gasteiger partial charge in [-0.1, -0.05) is 18.2 Å². The molecule has 0 saturated heterocycles. The van der Waals surface area contributed by atoms with E-state index in [2.05, 4.69) is 36.8 Å². The molecule has 3 rings (SSSR count). The predicted octanol–water partition coefficient (Wildman–Crippen LogP) is 2.54. The van der Waals surface area contributed by atoms with Gasteiger partial charge < -0.3 is 15.4 Å². The third kappa shape index (κ3) is 5.63. The molecule has 1 heterocycles. The Hall–Kier alpha value is -3.80. The minimum Gasteiger partial charge on any atom is -0.456 e. The fourth-order valence-corrected chi connectivity index (χ4v) is 3.09. The number of hydrogen-bond donors (Lipinski definition) is 3. The van der Waals surface area contributed by atoms with Gasteiger partial charge in [-0.25, -0.2) is 0 Å². The van der Waals surface area contributed by atoms with Crippen LogP contribution in [0.25, 0.3) is 10.9 Å². The summed E-state index contributed by atoms with van der Waals surface area (Å²) in [4.78, 5) is 46.1. The first-order chi connectivity index (χ1) is 14.8. The van der Waals surface area contributed by atoms with Crippen molar-refractivity contribution < 1.29 is 24.0 Å². The zero-order valence-electron chi connectivity index (χ0n) is 15.9. The number of H-pyrrole nitrogens is 1. The molecule has 0 atom stereocenters. The zero-order valence-corrected chi connectivity index (χ0v) is 17.5. The number of anilines is 1. The largest absolute Gasteiger partial charge is 0.456 e. The first-order valence-electron chi connectivity index (χ1n) is 8.96. The highest BCUT2D eigenvalue weighted by Gasteiger charge is 2.15. The Morgan fingerprint density at radius 2 is 1.97 bits per heavy atom. The number of esters is 1. The van der Waals surface area contributed by atoms with E-state index in [9.17, 15) is 24.5 Å². The van der Waals surface area contributed by atoms with Gasteiger partial charge in [-0.05, 0) is 28.1 Å². The number of nitro benzene ring substituents is 1. The molecule has 0 spiro atoms. The molecule has 0 aliphatic heterocycles. The normalized spacial score (nSPS) is 10.5. The number of ether oxygens (including phenoxy) is 1. The molecule has 2 amide bonds. The molecule has 2 aromatic carbocycles. The quantitative estimate of drug-likeness (QED) is 0.249. The number of nitrogens with zero attached hydrogens (tertiary/aromatic N) is 2. The Kier molecular flexibility index (Phi) is 6.92. The minimum atomic E-state index is -0.676. The summed E-state index contributed by atoms with van der Waals surface area (Å²) in [5.41, 5.74) is 1.10. The number of hydrogen-bond acceptors (Lipinski definition) is 7. The van der Waals surface area contributed by atoms with Gasteiger partial charge in [-0.3, -0.25) is 29.6 Å². The van der Waals surface area contributed by atoms with Crippen LogP contribution in [0, 0.1) is 10.1 Å². The molecular formula is C19H16BrN5O6. The van der Waals surface area contributed by atoms with E-state index < -0.39 is 29.3 Å². The summed E-state index contributed by atoms with van der Waals surface area (Å²) in [6, 6.07) is 11.0. The first-order valence-corrected chi connectivity index (χ1v) is 9.75. The van der Waals surface area contributed by atoms with Gasteiger partial charge in [0.2, 0.25) is 0 Å². The second-order valence-corrected chi connectivity index (χ2v) is 7.11. The van der Waals surface area contributed by atoms with E-state index in [1.807, 2.05) is 6.07 Å². The van der Waals surface area contributed by atoms with Crippen molar-refractivity contribution in [1.29, 1.82) is 0 Å². The number of rotatable bonds is 8. The van der Waals surface area contributed by atoms with Crippen LogP contribution in [-0.4, -0.2) is 46.1 Å². The molecule has 0 bridgehead atoms. The molecule has 31 heavy (non-hydrogen) atoms. The van der Waals surface area contributed by atoms with E-state index in [1.54, 1.807) is 18.2 Å². The molecule has 0 saturated carbocycles. The highest BCUT2D eigenvalue weighted by molar-refractivity contribution is 9.10. The van der Waals surface area contributed by atoms with Crippen LogP contribution < -0.4 is 10.6 Å². The lowest BCUT2D eigenvalue weighted by molar-refractivity contribution is -0.384. The Bertz CT molecular complexity index is 1160. The minimum absolute atomic E-state index is 0.00831. The Morgan fingerprint density at radius 1 is 1.19 bits per heavy atom. The Labute approximate surface area is 183 Å². The number of carbonyl (C=O) groups excluding carboxylic acids is 3. The highest BCUT2D eigenvalue weighted by atomic mass is 79.9. The Balaban J connectivity index is 1.41. The van der Waals surface area contributed by atoms with Gasteiger partial charge in [0.15, 0.2) is 12.3 Å². The summed E-state index contributed by atoms with van der Waals surface area (Å²) < 4.78 is 5.19. The third-order valence-electron chi connectivity index (χ3n) is 4.10. The molecule has 3 N–H and O–H groups in total. The lowest BCUT2D eigenvalue weighted by Gasteiger charge is -2.08. The number of carbonyl (C=O) groups is 3. The fraction of sp³-hybridized carbons (Fsp3) is 0.158. The van der Waals surface area contributed by atoms with Crippen LogP contribution in [0.1, 0.15) is 16.9 Å². The second kappa shape index (κ2) is 9.80. The van der Waals surface area contributed by atoms with Crippen LogP contribution in [0.3, 0.4) is 0 Å². The van der Waals surface area contributed by atoms with Gasteiger partial charge >= 0.3 is 5.97 Å². The number of para-hydroxylation sites is 1. The summed E-state index contributed by atoms with van der Waals surface area (Å²) in [6.07, 6.45) is -0.136. The molecule has 0 aliphatic rings. The number of aromatic nitrogens is 2. The lowest BCUT2D eigenvalue weighted by Crippen LogP contribution is -2.28. The maximum absolute atomic E-state index is 12.2. The number of nitrogens with one attached hydrogen (secondary N) is 3. The molecule has 0 radical (unpaired) electrons. The highest BCUT2D eigenvalue weighted by Crippen LogP contribution is 2.27. The maximum Gasteiger partial charge on any atom is 0.308 e. The van der Waals surface area contributed by atoms with Gasteiger partial charge in [0.05, 0.1) is 22.5 Å². The van der Waals surface area contributed by atoms with Crippen molar-refractivity contribution in [3.8, 4) is 0 Å². The van der Waals surface area contributed by atoms with E-state index in [0.717, 1.165) is 5.52 Å². The SMILES string of the molecule is O=C(COC(=O)CCNC(=O)c1n[nH]c2ccccc12)Nc1ccc([N+](=O)[O-])cc1Br. The topological polar surface area (TPSA) is 156 Å². The van der Waals surface area contributed by atoms with Crippen molar-refractivity contribution in [3.05, 3.63) is 62.7 Å². The molecular weight excluding hydrogens is 474 g/mol. The fourth-order valence-electron chi connectivity index (χ4n) is 2.62. The van der Waals surface area contributed by atoms with Crippen molar-refractivity contribution in [2.75, 3.05) is 18.5 Å². The predicted molar refractivity (Wildman–Crippen MR) is 113 cm³/mol. The van der Waals surface area contributed by atoms with Gasteiger partial charge in [0.1, 0.15) is 0 Å². The van der Waals surface area contributed by atoms with Crippen molar-refractivity contribution in [1.82, 2.24) is 15.5 Å². The molecule has 0 aliphatic carbocycles. The van der Waals surface area contributed by atoms with Crippen LogP contribution in [0.4, 0.5) is 11.4 Å². The van der Waals surface area contributed by atoms with Crippen molar-refractivity contribution in [3.63, 3.8) is 0 Å². The average Bonchev–Trinajstić information content (AvgIpc) is 3.18. The summed E-state index contributed by atoms with van der Waals surface area (Å²) >= 11 is 3.13. The standard InChI is InChI=1S/C19H16BrN5O6/c20-13-9-11(25(29)30)5-6-15(13)22-16(26)10-31-17(27)7-8-21-19(28)18-12-3-1-2-4-14(12)23-24-18/h1-6,9H,7-8,10H2,(H,21,28)(H,22,26)(H,23,24). The number of nitro groups is 1. The monoisotopic (exact) mass is 489 g/mol. The molecule has 160 valence electrons. The van der Waals surface area contributed by atoms with Gasteiger partial charge in [-0.15, -0.1) is 0 Å². The molecule has 12 heteroatoms. The first kappa shape index (κ1) is 21.9. The van der Waals surface area contributed by atoms with Crippen LogP contribution in [0.5, 0.6) is 0 Å². The smallest absolute Gasteiger partial charge is 0.308 e. The molecule has 1 aromatic heterocycles. The van der Waals surface area contributed by atoms with E-state index >= 15 is 0 Å². The number of amides is 2. The Morgan fingerprint density at radius 3 is 2.71 bits per heavy atom. The summed E-state index contributed by atoms with van der Waals surface area (Å²) in [5, 5.41) is 23.2. The summed E-state index contributed by atoms with van der Waals surface area (Å²) in [5.74, 6) is -1.73. The van der Waals surface area contributed by atoms with E-state index in [-0.39, 0.29) is 24.3 Å². The summed E-state index contributed by atoms with van der Waals surface area (Å²) in [6.45, 7) is -0.533. The van der Waals surface area contributed by atoms with E-state index in [4.69, 9.17) is 4.74 Å². The number of fused-ring (bicyclic) bond motifs is 1. The number of non-ortho nitro benzene ring substituents is 1. The lowest BCUT2D eigenvalue weighted by atomic mass is 10.2. The van der Waals surface area contributed by atoms with Gasteiger partial charge in [0, 0.05) is 28.5 Å². The molecule has 3 aromatic rings. The van der Waals surface area contributed by atoms with Crippen LogP contribution in [-0.2, 0) is 14.3 Å². The number of aromatic amines is 1. The van der Waals surface area contributed by atoms with Gasteiger partial charge in [-0.2, -0.15) is 5.10 Å². The van der Waals surface area contributed by atoms with Crippen molar-refractivity contribution in [2.45, 2.75) is 6.42 Å². The van der Waals surface area contributed by atoms with E-state index in [0.29, 0.717) is 15.5 Å². The van der Waals surface area contributed by atoms with Crippen molar-refractivity contribution in [2.24, 2.45) is 0 Å². The molecule has 0 unspecified atom stereocenters. The van der Waals surface area contributed by atoms with Crippen LogP contribution in [0.15, 0.2) is 46.9 Å². The third-order valence-corrected chi connectivity index (χ3v) is 4.76. The summed E-state index contributed by atoms with van der Waals surface area (Å²) in [7, 11) is 0. The average molecular weight is 490 g/mol. The van der Waals surface area contributed by atoms with Gasteiger partial charge in [0.25, 0.3) is 17.5 Å².